The molecule has 2 aromatic rings. The fourth-order valence-electron chi connectivity index (χ4n) is 5.83. The predicted octanol–water partition coefficient (Wildman–Crippen LogP) is 5.58. The number of carbonyl (C=O) groups is 2. The van der Waals surface area contributed by atoms with E-state index in [-0.39, 0.29) is 40.9 Å². The molecule has 0 aromatic carbocycles. The van der Waals surface area contributed by atoms with Gasteiger partial charge >= 0.3 is 0 Å². The van der Waals surface area contributed by atoms with E-state index in [1.54, 1.807) is 31.5 Å². The van der Waals surface area contributed by atoms with Gasteiger partial charge in [-0.05, 0) is 56.9 Å². The number of hydrogen-bond acceptors (Lipinski definition) is 6. The van der Waals surface area contributed by atoms with Gasteiger partial charge in [-0.15, -0.1) is 11.6 Å². The van der Waals surface area contributed by atoms with Crippen LogP contribution >= 0.6 is 23.2 Å². The molecule has 0 radical (unpaired) electrons. The van der Waals surface area contributed by atoms with Crippen LogP contribution in [0.25, 0.3) is 0 Å². The first-order valence-electron chi connectivity index (χ1n) is 13.6. The molecule has 2 saturated heterocycles. The Kier molecular flexibility index (Phi) is 8.57. The van der Waals surface area contributed by atoms with Gasteiger partial charge in [0.1, 0.15) is 11.9 Å². The minimum absolute atomic E-state index is 0.00618. The van der Waals surface area contributed by atoms with Gasteiger partial charge in [-0.25, -0.2) is 9.97 Å². The normalized spacial score (nSPS) is 24.4. The van der Waals surface area contributed by atoms with E-state index in [4.69, 9.17) is 27.9 Å². The quantitative estimate of drug-likeness (QED) is 0.320. The highest BCUT2D eigenvalue weighted by molar-refractivity contribution is 6.30. The van der Waals surface area contributed by atoms with E-state index in [2.05, 4.69) is 33.9 Å². The summed E-state index contributed by atoms with van der Waals surface area (Å²) in [7, 11) is 0. The van der Waals surface area contributed by atoms with Crippen LogP contribution < -0.4 is 9.64 Å². The van der Waals surface area contributed by atoms with Gasteiger partial charge in [-0.3, -0.25) is 9.59 Å². The van der Waals surface area contributed by atoms with E-state index in [1.807, 2.05) is 23.1 Å². The first-order valence-corrected chi connectivity index (χ1v) is 14.4. The van der Waals surface area contributed by atoms with Crippen LogP contribution in [0.4, 0.5) is 5.82 Å². The SMILES string of the molecule is CC(=O)c1ccc(N2CCC(C(=O)N3CC(C4=CCC(Cl)C=C4)C(C(C)Oc4ccc(Cl)cn4)C3)CC2)nc1. The molecule has 0 saturated carbocycles. The number of alkyl halides is 1. The van der Waals surface area contributed by atoms with Gasteiger partial charge in [-0.2, -0.15) is 0 Å². The van der Waals surface area contributed by atoms with Crippen LogP contribution in [0.2, 0.25) is 5.02 Å². The number of likely N-dealkylation sites (tertiary alicyclic amines) is 1. The zero-order valence-electron chi connectivity index (χ0n) is 22.3. The third kappa shape index (κ3) is 6.47. The van der Waals surface area contributed by atoms with Crippen LogP contribution in [-0.4, -0.2) is 64.2 Å². The number of ether oxygens (including phenoxy) is 1. The van der Waals surface area contributed by atoms with Crippen molar-refractivity contribution in [1.29, 1.82) is 0 Å². The average Bonchev–Trinajstić information content (AvgIpc) is 3.40. The van der Waals surface area contributed by atoms with Crippen molar-refractivity contribution in [3.05, 3.63) is 71.0 Å². The molecule has 7 nitrogen and oxygen atoms in total. The zero-order valence-corrected chi connectivity index (χ0v) is 23.8. The Morgan fingerprint density at radius 1 is 1.08 bits per heavy atom. The van der Waals surface area contributed by atoms with E-state index >= 15 is 0 Å². The molecule has 2 fully saturated rings. The summed E-state index contributed by atoms with van der Waals surface area (Å²) >= 11 is 12.3. The molecule has 9 heteroatoms. The van der Waals surface area contributed by atoms with E-state index in [0.717, 1.165) is 38.2 Å². The molecule has 0 spiro atoms. The summed E-state index contributed by atoms with van der Waals surface area (Å²) in [5.41, 5.74) is 1.83. The largest absolute Gasteiger partial charge is 0.474 e. The van der Waals surface area contributed by atoms with Crippen LogP contribution in [0.15, 0.2) is 60.5 Å². The van der Waals surface area contributed by atoms with Crippen LogP contribution in [0.1, 0.15) is 43.5 Å². The Hall–Kier alpha value is -2.90. The maximum atomic E-state index is 13.7. The van der Waals surface area contributed by atoms with Crippen LogP contribution in [0, 0.1) is 17.8 Å². The number of Topliss-reactive ketones (excluding diaryl/α,β-unsaturated/α-hetero) is 1. The molecule has 1 amide bonds. The number of amides is 1. The lowest BCUT2D eigenvalue weighted by Gasteiger charge is -2.34. The molecular formula is C30H34Cl2N4O3. The fraction of sp³-hybridized carbons (Fsp3) is 0.467. The summed E-state index contributed by atoms with van der Waals surface area (Å²) in [5.74, 6) is 1.87. The molecular weight excluding hydrogens is 535 g/mol. The first-order chi connectivity index (χ1) is 18.8. The van der Waals surface area contributed by atoms with Crippen molar-refractivity contribution >= 4 is 40.7 Å². The monoisotopic (exact) mass is 568 g/mol. The first kappa shape index (κ1) is 27.7. The molecule has 2 aliphatic heterocycles. The van der Waals surface area contributed by atoms with E-state index < -0.39 is 0 Å². The van der Waals surface area contributed by atoms with Gasteiger partial charge in [0.15, 0.2) is 5.78 Å². The van der Waals surface area contributed by atoms with Crippen LogP contribution in [-0.2, 0) is 4.79 Å². The molecule has 206 valence electrons. The number of carbonyl (C=O) groups excluding carboxylic acids is 2. The highest BCUT2D eigenvalue weighted by Gasteiger charge is 2.42. The second kappa shape index (κ2) is 12.1. The number of nitrogens with zero attached hydrogens (tertiary/aromatic N) is 4. The molecule has 5 rings (SSSR count). The number of rotatable bonds is 7. The number of anilines is 1. The third-order valence-corrected chi connectivity index (χ3v) is 8.66. The molecule has 1 aliphatic carbocycles. The van der Waals surface area contributed by atoms with Gasteiger partial charge in [0.2, 0.25) is 11.8 Å². The number of pyridine rings is 2. The predicted molar refractivity (Wildman–Crippen MR) is 154 cm³/mol. The molecule has 39 heavy (non-hydrogen) atoms. The van der Waals surface area contributed by atoms with Crippen molar-refractivity contribution < 1.29 is 14.3 Å². The Morgan fingerprint density at radius 2 is 1.87 bits per heavy atom. The van der Waals surface area contributed by atoms with Crippen molar-refractivity contribution in [1.82, 2.24) is 14.9 Å². The number of allylic oxidation sites excluding steroid dienone is 3. The minimum atomic E-state index is -0.143. The van der Waals surface area contributed by atoms with Crippen molar-refractivity contribution in [3.8, 4) is 5.88 Å². The summed E-state index contributed by atoms with van der Waals surface area (Å²) < 4.78 is 6.24. The highest BCUT2D eigenvalue weighted by Crippen LogP contribution is 2.37. The minimum Gasteiger partial charge on any atom is -0.474 e. The van der Waals surface area contributed by atoms with E-state index in [0.29, 0.717) is 29.6 Å². The van der Waals surface area contributed by atoms with Gasteiger partial charge in [0.25, 0.3) is 0 Å². The number of piperidine rings is 1. The Bertz CT molecular complexity index is 1240. The van der Waals surface area contributed by atoms with E-state index in [9.17, 15) is 9.59 Å². The van der Waals surface area contributed by atoms with E-state index in [1.165, 1.54) is 5.57 Å². The summed E-state index contributed by atoms with van der Waals surface area (Å²) in [6, 6.07) is 7.25. The molecule has 0 N–H and O–H groups in total. The molecule has 4 heterocycles. The lowest BCUT2D eigenvalue weighted by Crippen LogP contribution is -2.42. The molecule has 2 aromatic heterocycles. The smallest absolute Gasteiger partial charge is 0.225 e. The van der Waals surface area contributed by atoms with Crippen molar-refractivity contribution in [3.63, 3.8) is 0 Å². The second-order valence-corrected chi connectivity index (χ2v) is 11.7. The van der Waals surface area contributed by atoms with Crippen LogP contribution in [0.5, 0.6) is 5.88 Å². The maximum absolute atomic E-state index is 13.7. The molecule has 0 bridgehead atoms. The topological polar surface area (TPSA) is 75.6 Å². The zero-order chi connectivity index (χ0) is 27.5. The number of hydrogen-bond donors (Lipinski definition) is 0. The third-order valence-electron chi connectivity index (χ3n) is 8.11. The summed E-state index contributed by atoms with van der Waals surface area (Å²) in [4.78, 5) is 38.3. The molecule has 4 atom stereocenters. The molecule has 3 aliphatic rings. The Labute approximate surface area is 239 Å². The number of ketones is 1. The van der Waals surface area contributed by atoms with Gasteiger partial charge in [0.05, 0.1) is 10.4 Å². The number of aromatic nitrogens is 2. The van der Waals surface area contributed by atoms with Crippen molar-refractivity contribution in [2.75, 3.05) is 31.1 Å². The van der Waals surface area contributed by atoms with Gasteiger partial charge in [-0.1, -0.05) is 29.8 Å². The summed E-state index contributed by atoms with van der Waals surface area (Å²) in [6.45, 7) is 6.43. The van der Waals surface area contributed by atoms with Gasteiger partial charge in [0, 0.05) is 68.0 Å². The van der Waals surface area contributed by atoms with Crippen molar-refractivity contribution in [2.24, 2.45) is 17.8 Å². The lowest BCUT2D eigenvalue weighted by molar-refractivity contribution is -0.135. The summed E-state index contributed by atoms with van der Waals surface area (Å²) in [6.07, 6.45) is 11.8. The summed E-state index contributed by atoms with van der Waals surface area (Å²) in [5, 5.41) is 0.574. The second-order valence-electron chi connectivity index (χ2n) is 10.7. The maximum Gasteiger partial charge on any atom is 0.225 e. The Morgan fingerprint density at radius 3 is 2.49 bits per heavy atom. The van der Waals surface area contributed by atoms with Crippen LogP contribution in [0.3, 0.4) is 0 Å². The fourth-order valence-corrected chi connectivity index (χ4v) is 6.10. The van der Waals surface area contributed by atoms with Crippen molar-refractivity contribution in [2.45, 2.75) is 44.6 Å². The average molecular weight is 570 g/mol. The highest BCUT2D eigenvalue weighted by atomic mass is 35.5. The Balaban J connectivity index is 1.25. The number of halogens is 2. The van der Waals surface area contributed by atoms with Gasteiger partial charge < -0.3 is 14.5 Å². The molecule has 4 unspecified atom stereocenters. The standard InChI is InChI=1S/C30H34Cl2N4O3/c1-19(37)23-5-9-28(33-15-23)35-13-11-22(12-14-35)30(38)36-17-26(20(2)39-29-10-8-25(32)16-34-29)27(18-36)21-3-6-24(31)7-4-21/h3-6,8-10,15-16,20,22,24,26-27H,7,11-14,17-18H2,1-2H3. The lowest BCUT2D eigenvalue weighted by atomic mass is 9.83.